The molecule has 6 heavy (non-hydrogen) atoms. The molecule has 0 bridgehead atoms. The van der Waals surface area contributed by atoms with Crippen molar-refractivity contribution in [3.63, 3.8) is 0 Å². The van der Waals surface area contributed by atoms with Gasteiger partial charge in [-0.2, -0.15) is 0 Å². The van der Waals surface area contributed by atoms with Gasteiger partial charge in [0.2, 0.25) is 0 Å². The summed E-state index contributed by atoms with van der Waals surface area (Å²) in [6.45, 7) is 1.98. The summed E-state index contributed by atoms with van der Waals surface area (Å²) in [6.07, 6.45) is 5.83. The Hall–Kier alpha value is -0.303. The maximum absolute atomic E-state index is 3.16. The lowest BCUT2D eigenvalue weighted by Crippen LogP contribution is -1.46. The minimum Gasteiger partial charge on any atom is -0.102 e. The van der Waals surface area contributed by atoms with Gasteiger partial charge in [-0.15, -0.1) is 5.70 Å². The van der Waals surface area contributed by atoms with E-state index in [2.05, 4.69) is 10.2 Å². The van der Waals surface area contributed by atoms with Gasteiger partial charge in [-0.1, -0.05) is 18.2 Å². The first kappa shape index (κ1) is 5.70. The Labute approximate surface area is 42.0 Å². The van der Waals surface area contributed by atoms with E-state index in [0.717, 1.165) is 0 Å². The van der Waals surface area contributed by atoms with Crippen molar-refractivity contribution in [2.45, 2.75) is 6.92 Å². The molecule has 3 radical (unpaired) electrons. The zero-order valence-corrected chi connectivity index (χ0v) is 4.81. The molecule has 0 aliphatic rings. The summed E-state index contributed by atoms with van der Waals surface area (Å²) >= 11 is 0. The highest BCUT2D eigenvalue weighted by Gasteiger charge is 1.49. The van der Waals surface area contributed by atoms with Crippen molar-refractivity contribution in [3.8, 4) is 0 Å². The van der Waals surface area contributed by atoms with Crippen LogP contribution in [0.1, 0.15) is 6.92 Å². The molecule has 0 aliphatic heterocycles. The molecule has 0 N–H and O–H groups in total. The first-order valence-electron chi connectivity index (χ1n) is 1.87. The molecular formula is C5H7Si. The summed E-state index contributed by atoms with van der Waals surface area (Å²) in [5, 5.41) is 0. The lowest BCUT2D eigenvalue weighted by Gasteiger charge is -1.62. The average molecular weight is 95.2 g/mol. The van der Waals surface area contributed by atoms with Gasteiger partial charge in [0.25, 0.3) is 0 Å². The lowest BCUT2D eigenvalue weighted by atomic mass is 10.5. The molecule has 0 atom stereocenters. The van der Waals surface area contributed by atoms with Gasteiger partial charge in [0.15, 0.2) is 0 Å². The van der Waals surface area contributed by atoms with Gasteiger partial charge in [-0.25, -0.2) is 0 Å². The van der Waals surface area contributed by atoms with Crippen LogP contribution in [0.5, 0.6) is 0 Å². The molecule has 0 aromatic heterocycles. The van der Waals surface area contributed by atoms with Crippen molar-refractivity contribution in [2.75, 3.05) is 0 Å². The summed E-state index contributed by atoms with van der Waals surface area (Å²) in [7, 11) is 3.16. The second-order valence-electron chi connectivity index (χ2n) is 0.885. The number of hydrogen-bond acceptors (Lipinski definition) is 0. The van der Waals surface area contributed by atoms with Gasteiger partial charge in [-0.05, 0) is 6.92 Å². The minimum atomic E-state index is 1.81. The van der Waals surface area contributed by atoms with Gasteiger partial charge in [0, 0.05) is 0 Å². The summed E-state index contributed by atoms with van der Waals surface area (Å²) in [4.78, 5) is 0. The van der Waals surface area contributed by atoms with Gasteiger partial charge in [0.1, 0.15) is 0 Å². The largest absolute Gasteiger partial charge is 0.102 e. The second-order valence-corrected chi connectivity index (χ2v) is 1.22. The summed E-state index contributed by atoms with van der Waals surface area (Å²) in [6, 6.07) is 0. The molecule has 0 aromatic carbocycles. The third-order valence-electron chi connectivity index (χ3n) is 0.400. The molecular weight excluding hydrogens is 88.1 g/mol. The Bertz CT molecular complexity index is 52.3. The third kappa shape index (κ3) is 3.70. The fourth-order valence-corrected chi connectivity index (χ4v) is 0.278. The Morgan fingerprint density at radius 1 is 1.33 bits per heavy atom. The molecule has 0 amide bonds. The fourth-order valence-electron chi connectivity index (χ4n) is 0.167. The summed E-state index contributed by atoms with van der Waals surface area (Å²) in [5.74, 6) is 0. The molecule has 0 spiro atoms. The van der Waals surface area contributed by atoms with Gasteiger partial charge in [-0.3, -0.25) is 0 Å². The van der Waals surface area contributed by atoms with Gasteiger partial charge >= 0.3 is 0 Å². The van der Waals surface area contributed by atoms with Crippen LogP contribution in [-0.4, -0.2) is 10.2 Å². The van der Waals surface area contributed by atoms with E-state index in [1.165, 1.54) is 0 Å². The number of hydrogen-bond donors (Lipinski definition) is 0. The van der Waals surface area contributed by atoms with Crippen molar-refractivity contribution in [2.24, 2.45) is 0 Å². The first-order chi connectivity index (χ1) is 2.91. The normalized spacial score (nSPS) is 11.7. The van der Waals surface area contributed by atoms with Crippen LogP contribution in [0.4, 0.5) is 0 Å². The molecule has 0 saturated carbocycles. The quantitative estimate of drug-likeness (QED) is 0.339. The molecule has 0 fully saturated rings. The molecule has 0 saturated heterocycles. The van der Waals surface area contributed by atoms with Crippen LogP contribution in [0.2, 0.25) is 0 Å². The molecule has 0 rings (SSSR count). The molecule has 0 unspecified atom stereocenters. The zero-order valence-electron chi connectivity index (χ0n) is 3.81. The van der Waals surface area contributed by atoms with E-state index in [0.29, 0.717) is 0 Å². The molecule has 0 heterocycles. The smallest absolute Gasteiger partial charge is 0.0600 e. The Balaban J connectivity index is 3.07. The van der Waals surface area contributed by atoms with Crippen LogP contribution in [0, 0.1) is 0 Å². The van der Waals surface area contributed by atoms with Crippen LogP contribution in [0.15, 0.2) is 23.9 Å². The number of rotatable bonds is 1. The Morgan fingerprint density at radius 3 is 2.17 bits per heavy atom. The summed E-state index contributed by atoms with van der Waals surface area (Å²) < 4.78 is 0. The van der Waals surface area contributed by atoms with E-state index >= 15 is 0 Å². The van der Waals surface area contributed by atoms with Crippen LogP contribution in [-0.2, 0) is 0 Å². The third-order valence-corrected chi connectivity index (χ3v) is 0.592. The highest BCUT2D eigenvalue weighted by molar-refractivity contribution is 6.17. The molecule has 1 heteroatoms. The van der Waals surface area contributed by atoms with Crippen LogP contribution >= 0.6 is 0 Å². The average Bonchev–Trinajstić information content (AvgIpc) is 1.61. The van der Waals surface area contributed by atoms with E-state index in [9.17, 15) is 0 Å². The van der Waals surface area contributed by atoms with Crippen LogP contribution in [0.25, 0.3) is 0 Å². The van der Waals surface area contributed by atoms with E-state index in [-0.39, 0.29) is 0 Å². The standard InChI is InChI=1S/C5H7Si/c1-2-3-4-5-6/h2-5H,1H3. The predicted molar refractivity (Wildman–Crippen MR) is 29.7 cm³/mol. The van der Waals surface area contributed by atoms with E-state index < -0.39 is 0 Å². The van der Waals surface area contributed by atoms with Crippen molar-refractivity contribution < 1.29 is 0 Å². The monoisotopic (exact) mass is 95.0 g/mol. The first-order valence-corrected chi connectivity index (χ1v) is 2.44. The van der Waals surface area contributed by atoms with E-state index in [1.807, 2.05) is 25.2 Å². The van der Waals surface area contributed by atoms with Crippen LogP contribution in [0.3, 0.4) is 0 Å². The number of allylic oxidation sites excluding steroid dienone is 3. The molecule has 31 valence electrons. The maximum atomic E-state index is 3.16. The molecule has 0 nitrogen and oxygen atoms in total. The topological polar surface area (TPSA) is 0 Å². The van der Waals surface area contributed by atoms with Crippen molar-refractivity contribution in [3.05, 3.63) is 23.9 Å². The SMILES string of the molecule is CC=CC=C[Si]. The van der Waals surface area contributed by atoms with Crippen molar-refractivity contribution >= 4 is 10.2 Å². The summed E-state index contributed by atoms with van der Waals surface area (Å²) in [5.41, 5.74) is 1.81. The maximum Gasteiger partial charge on any atom is 0.0600 e. The fraction of sp³-hybridized carbons (Fsp3) is 0.200. The molecule has 0 aromatic rings. The Morgan fingerprint density at radius 2 is 2.00 bits per heavy atom. The van der Waals surface area contributed by atoms with Crippen LogP contribution < -0.4 is 0 Å². The van der Waals surface area contributed by atoms with Crippen molar-refractivity contribution in [1.29, 1.82) is 0 Å². The minimum absolute atomic E-state index is 1.81. The van der Waals surface area contributed by atoms with E-state index in [1.54, 1.807) is 5.70 Å². The van der Waals surface area contributed by atoms with Gasteiger partial charge < -0.3 is 0 Å². The van der Waals surface area contributed by atoms with Gasteiger partial charge in [0.05, 0.1) is 10.2 Å². The lowest BCUT2D eigenvalue weighted by molar-refractivity contribution is 1.74. The highest BCUT2D eigenvalue weighted by Crippen LogP contribution is 1.68. The Kier molecular flexibility index (Phi) is 4.46. The zero-order chi connectivity index (χ0) is 4.83. The molecule has 0 aliphatic carbocycles. The van der Waals surface area contributed by atoms with Crippen molar-refractivity contribution in [1.82, 2.24) is 0 Å². The second kappa shape index (κ2) is 4.70. The highest BCUT2D eigenvalue weighted by atomic mass is 28.1. The van der Waals surface area contributed by atoms with E-state index in [4.69, 9.17) is 0 Å². The predicted octanol–water partition coefficient (Wildman–Crippen LogP) is 1.24.